The summed E-state index contributed by atoms with van der Waals surface area (Å²) in [4.78, 5) is 0. The summed E-state index contributed by atoms with van der Waals surface area (Å²) in [5.74, 6) is 0.815. The molecule has 0 atom stereocenters. The summed E-state index contributed by atoms with van der Waals surface area (Å²) in [6.45, 7) is 4.28. The van der Waals surface area contributed by atoms with Gasteiger partial charge in [0.25, 0.3) is 0 Å². The molecule has 0 saturated heterocycles. The molecule has 0 heterocycles. The average molecular weight is 195 g/mol. The number of hydrogen-bond acceptors (Lipinski definition) is 2. The molecule has 0 aliphatic carbocycles. The lowest BCUT2D eigenvalue weighted by molar-refractivity contribution is 0.307. The first-order chi connectivity index (χ1) is 6.70. The van der Waals surface area contributed by atoms with Gasteiger partial charge in [0.05, 0.1) is 6.73 Å². The quantitative estimate of drug-likeness (QED) is 0.726. The van der Waals surface area contributed by atoms with Crippen LogP contribution >= 0.6 is 0 Å². The summed E-state index contributed by atoms with van der Waals surface area (Å²) >= 11 is 0. The van der Waals surface area contributed by atoms with E-state index in [-0.39, 0.29) is 6.73 Å². The largest absolute Gasteiger partial charge is 0.382 e. The lowest BCUT2D eigenvalue weighted by Gasteiger charge is -2.03. The summed E-state index contributed by atoms with van der Waals surface area (Å²) in [6, 6.07) is 10.7. The zero-order chi connectivity index (χ0) is 10.8. The van der Waals surface area contributed by atoms with Crippen molar-refractivity contribution in [2.45, 2.75) is 26.7 Å². The standard InChI is InChI=1S/C11H16.CH5NO/c1-10(2)8-9-11-6-4-3-5-7-11;2-1-3/h3-7,10H,8-9H2,1-2H3;3H,1-2H2. The fourth-order valence-corrected chi connectivity index (χ4v) is 1.10. The fourth-order valence-electron chi connectivity index (χ4n) is 1.10. The van der Waals surface area contributed by atoms with E-state index in [1.54, 1.807) is 0 Å². The van der Waals surface area contributed by atoms with Crippen molar-refractivity contribution in [1.82, 2.24) is 0 Å². The molecule has 80 valence electrons. The zero-order valence-corrected chi connectivity index (χ0v) is 9.11. The van der Waals surface area contributed by atoms with Crippen LogP contribution in [0, 0.1) is 5.92 Å². The first-order valence-electron chi connectivity index (χ1n) is 5.05. The second-order valence-corrected chi connectivity index (χ2v) is 3.60. The van der Waals surface area contributed by atoms with Crippen molar-refractivity contribution in [3.63, 3.8) is 0 Å². The van der Waals surface area contributed by atoms with Crippen LogP contribution in [0.2, 0.25) is 0 Å². The van der Waals surface area contributed by atoms with E-state index in [4.69, 9.17) is 5.11 Å². The van der Waals surface area contributed by atoms with E-state index in [9.17, 15) is 0 Å². The lowest BCUT2D eigenvalue weighted by atomic mass is 10.0. The normalized spacial score (nSPS) is 9.50. The summed E-state index contributed by atoms with van der Waals surface area (Å²) < 4.78 is 0. The molecule has 2 heteroatoms. The third kappa shape index (κ3) is 7.77. The molecule has 0 fully saturated rings. The van der Waals surface area contributed by atoms with E-state index < -0.39 is 0 Å². The van der Waals surface area contributed by atoms with Crippen molar-refractivity contribution in [1.29, 1.82) is 0 Å². The maximum Gasteiger partial charge on any atom is 0.0906 e. The summed E-state index contributed by atoms with van der Waals surface area (Å²) in [7, 11) is 0. The van der Waals surface area contributed by atoms with E-state index in [0.717, 1.165) is 5.92 Å². The topological polar surface area (TPSA) is 46.2 Å². The molecule has 0 unspecified atom stereocenters. The molecular weight excluding hydrogens is 174 g/mol. The highest BCUT2D eigenvalue weighted by Crippen LogP contribution is 2.07. The maximum atomic E-state index is 7.35. The molecule has 0 spiro atoms. The molecule has 1 aromatic carbocycles. The molecule has 0 bridgehead atoms. The molecule has 0 saturated carbocycles. The summed E-state index contributed by atoms with van der Waals surface area (Å²) in [6.07, 6.45) is 2.52. The maximum absolute atomic E-state index is 7.35. The lowest BCUT2D eigenvalue weighted by Crippen LogP contribution is -1.92. The van der Waals surface area contributed by atoms with Crippen LogP contribution in [0.3, 0.4) is 0 Å². The van der Waals surface area contributed by atoms with Crippen LogP contribution in [0.1, 0.15) is 25.8 Å². The number of hydrogen-bond donors (Lipinski definition) is 2. The first kappa shape index (κ1) is 13.1. The molecule has 3 N–H and O–H groups in total. The van der Waals surface area contributed by atoms with Crippen LogP contribution in [-0.4, -0.2) is 11.8 Å². The Bertz CT molecular complexity index is 209. The highest BCUT2D eigenvalue weighted by molar-refractivity contribution is 5.14. The molecule has 0 aromatic heterocycles. The summed E-state index contributed by atoms with van der Waals surface area (Å²) in [5, 5.41) is 7.35. The van der Waals surface area contributed by atoms with Crippen molar-refractivity contribution in [2.24, 2.45) is 11.7 Å². The van der Waals surface area contributed by atoms with Gasteiger partial charge in [0.2, 0.25) is 0 Å². The molecule has 0 amide bonds. The van der Waals surface area contributed by atoms with Gasteiger partial charge in [0.1, 0.15) is 0 Å². The van der Waals surface area contributed by atoms with Gasteiger partial charge in [-0.2, -0.15) is 0 Å². The fraction of sp³-hybridized carbons (Fsp3) is 0.500. The Morgan fingerprint density at radius 1 is 1.21 bits per heavy atom. The SMILES string of the molecule is CC(C)CCc1ccccc1.NCO. The van der Waals surface area contributed by atoms with Gasteiger partial charge in [-0.1, -0.05) is 44.2 Å². The minimum absolute atomic E-state index is 0.250. The molecular formula is C12H21NO. The summed E-state index contributed by atoms with van der Waals surface area (Å²) in [5.41, 5.74) is 5.86. The predicted octanol–water partition coefficient (Wildman–Crippen LogP) is 2.17. The third-order valence-corrected chi connectivity index (χ3v) is 1.85. The van der Waals surface area contributed by atoms with Gasteiger partial charge in [-0.05, 0) is 24.3 Å². The van der Waals surface area contributed by atoms with E-state index in [1.165, 1.54) is 18.4 Å². The molecule has 14 heavy (non-hydrogen) atoms. The van der Waals surface area contributed by atoms with Crippen LogP contribution in [0.4, 0.5) is 0 Å². The smallest absolute Gasteiger partial charge is 0.0906 e. The van der Waals surface area contributed by atoms with E-state index in [0.29, 0.717) is 0 Å². The molecule has 0 aliphatic rings. The second-order valence-electron chi connectivity index (χ2n) is 3.60. The van der Waals surface area contributed by atoms with E-state index >= 15 is 0 Å². The Labute approximate surface area is 86.8 Å². The van der Waals surface area contributed by atoms with Crippen LogP contribution in [-0.2, 0) is 6.42 Å². The highest BCUT2D eigenvalue weighted by atomic mass is 16.3. The predicted molar refractivity (Wildman–Crippen MR) is 60.9 cm³/mol. The van der Waals surface area contributed by atoms with Gasteiger partial charge in [0, 0.05) is 0 Å². The van der Waals surface area contributed by atoms with Crippen molar-refractivity contribution in [3.05, 3.63) is 35.9 Å². The number of aliphatic hydroxyl groups excluding tert-OH is 1. The van der Waals surface area contributed by atoms with Crippen LogP contribution < -0.4 is 5.73 Å². The van der Waals surface area contributed by atoms with Crippen molar-refractivity contribution in [3.8, 4) is 0 Å². The molecule has 0 radical (unpaired) electrons. The minimum atomic E-state index is -0.250. The molecule has 1 aromatic rings. The van der Waals surface area contributed by atoms with Gasteiger partial charge in [-0.15, -0.1) is 0 Å². The number of aryl methyl sites for hydroxylation is 1. The first-order valence-corrected chi connectivity index (χ1v) is 5.05. The molecule has 2 nitrogen and oxygen atoms in total. The van der Waals surface area contributed by atoms with Crippen molar-refractivity contribution >= 4 is 0 Å². The zero-order valence-electron chi connectivity index (χ0n) is 9.11. The van der Waals surface area contributed by atoms with Crippen molar-refractivity contribution < 1.29 is 5.11 Å². The van der Waals surface area contributed by atoms with Crippen LogP contribution in [0.15, 0.2) is 30.3 Å². The van der Waals surface area contributed by atoms with Crippen LogP contribution in [0.5, 0.6) is 0 Å². The molecule has 1 rings (SSSR count). The Morgan fingerprint density at radius 2 is 1.71 bits per heavy atom. The number of nitrogens with two attached hydrogens (primary N) is 1. The number of aliphatic hydroxyl groups is 1. The Kier molecular flexibility index (Phi) is 8.19. The monoisotopic (exact) mass is 195 g/mol. The minimum Gasteiger partial charge on any atom is -0.382 e. The third-order valence-electron chi connectivity index (χ3n) is 1.85. The van der Waals surface area contributed by atoms with Gasteiger partial charge >= 0.3 is 0 Å². The highest BCUT2D eigenvalue weighted by Gasteiger charge is 1.94. The van der Waals surface area contributed by atoms with Gasteiger partial charge in [-0.25, -0.2) is 0 Å². The van der Waals surface area contributed by atoms with Gasteiger partial charge < -0.3 is 10.8 Å². The van der Waals surface area contributed by atoms with Crippen LogP contribution in [0.25, 0.3) is 0 Å². The Balaban J connectivity index is 0.000000500. The molecule has 0 aliphatic heterocycles. The van der Waals surface area contributed by atoms with Gasteiger partial charge in [0.15, 0.2) is 0 Å². The number of rotatable bonds is 3. The Morgan fingerprint density at radius 3 is 2.14 bits per heavy atom. The number of benzene rings is 1. The second kappa shape index (κ2) is 8.73. The van der Waals surface area contributed by atoms with E-state index in [2.05, 4.69) is 49.9 Å². The average Bonchev–Trinajstić information content (AvgIpc) is 2.18. The van der Waals surface area contributed by atoms with Crippen molar-refractivity contribution in [2.75, 3.05) is 6.73 Å². The van der Waals surface area contributed by atoms with Gasteiger partial charge in [-0.3, -0.25) is 0 Å². The van der Waals surface area contributed by atoms with E-state index in [1.807, 2.05) is 0 Å². The Hall–Kier alpha value is -0.860.